The van der Waals surface area contributed by atoms with Crippen LogP contribution in [0.25, 0.3) is 0 Å². The smallest absolute Gasteiger partial charge is 0.412 e. The van der Waals surface area contributed by atoms with E-state index in [-0.39, 0.29) is 11.1 Å². The molecule has 2 aromatic rings. The van der Waals surface area contributed by atoms with Gasteiger partial charge in [0.2, 0.25) is 5.41 Å². The fourth-order valence-electron chi connectivity index (χ4n) is 2.24. The Morgan fingerprint density at radius 2 is 1.15 bits per heavy atom. The van der Waals surface area contributed by atoms with Crippen LogP contribution in [-0.4, -0.2) is 17.3 Å². The second-order valence-electron chi connectivity index (χ2n) is 4.28. The van der Waals surface area contributed by atoms with Crippen molar-refractivity contribution in [2.75, 3.05) is 0 Å². The molecular weight excluding hydrogens is 269 g/mol. The van der Waals surface area contributed by atoms with E-state index >= 15 is 0 Å². The van der Waals surface area contributed by atoms with Crippen LogP contribution in [-0.2, 0) is 10.2 Å². The number of hydrogen-bond donors (Lipinski definition) is 1. The standard InChI is InChI=1S/C15H11F3O2/c16-15(17,18)14(13(19)20,11-7-3-1-4-8-11)12-9-5-2-6-10-12/h1-10H,(H,19,20). The van der Waals surface area contributed by atoms with Crippen LogP contribution in [0.2, 0.25) is 0 Å². The molecule has 0 radical (unpaired) electrons. The molecule has 0 unspecified atom stereocenters. The Balaban J connectivity index is 2.81. The minimum Gasteiger partial charge on any atom is -0.480 e. The van der Waals surface area contributed by atoms with E-state index in [1.165, 1.54) is 60.7 Å². The Morgan fingerprint density at radius 1 is 0.800 bits per heavy atom. The molecule has 0 aliphatic heterocycles. The van der Waals surface area contributed by atoms with E-state index < -0.39 is 17.6 Å². The second-order valence-corrected chi connectivity index (χ2v) is 4.28. The molecule has 0 heterocycles. The molecule has 20 heavy (non-hydrogen) atoms. The van der Waals surface area contributed by atoms with Gasteiger partial charge in [-0.3, -0.25) is 4.79 Å². The Kier molecular flexibility index (Phi) is 3.53. The lowest BCUT2D eigenvalue weighted by atomic mass is 9.74. The third kappa shape index (κ3) is 2.05. The lowest BCUT2D eigenvalue weighted by Crippen LogP contribution is -2.50. The first-order valence-electron chi connectivity index (χ1n) is 5.82. The van der Waals surface area contributed by atoms with Gasteiger partial charge in [-0.1, -0.05) is 60.7 Å². The maximum absolute atomic E-state index is 13.6. The summed E-state index contributed by atoms with van der Waals surface area (Å²) < 4.78 is 40.8. The van der Waals surface area contributed by atoms with E-state index in [9.17, 15) is 23.1 Å². The normalized spacial score (nSPS) is 12.2. The minimum absolute atomic E-state index is 0.314. The number of aliphatic carboxylic acids is 1. The van der Waals surface area contributed by atoms with Crippen molar-refractivity contribution in [2.24, 2.45) is 0 Å². The zero-order chi connectivity index (χ0) is 14.8. The molecule has 2 nitrogen and oxygen atoms in total. The van der Waals surface area contributed by atoms with Crippen molar-refractivity contribution in [3.05, 3.63) is 71.8 Å². The number of carboxylic acids is 1. The lowest BCUT2D eigenvalue weighted by molar-refractivity contribution is -0.196. The van der Waals surface area contributed by atoms with Crippen LogP contribution < -0.4 is 0 Å². The van der Waals surface area contributed by atoms with Crippen LogP contribution in [0.4, 0.5) is 13.2 Å². The zero-order valence-corrected chi connectivity index (χ0v) is 10.3. The highest BCUT2D eigenvalue weighted by Gasteiger charge is 2.63. The molecule has 5 heteroatoms. The molecule has 0 fully saturated rings. The topological polar surface area (TPSA) is 37.3 Å². The number of benzene rings is 2. The van der Waals surface area contributed by atoms with Crippen LogP contribution in [0.1, 0.15) is 11.1 Å². The third-order valence-corrected chi connectivity index (χ3v) is 3.16. The first-order chi connectivity index (χ1) is 9.40. The molecule has 0 aliphatic carbocycles. The zero-order valence-electron chi connectivity index (χ0n) is 10.3. The average molecular weight is 280 g/mol. The van der Waals surface area contributed by atoms with Crippen LogP contribution in [0, 0.1) is 0 Å². The van der Waals surface area contributed by atoms with E-state index in [4.69, 9.17) is 0 Å². The van der Waals surface area contributed by atoms with Gasteiger partial charge in [0.05, 0.1) is 0 Å². The number of hydrogen-bond acceptors (Lipinski definition) is 1. The third-order valence-electron chi connectivity index (χ3n) is 3.16. The van der Waals surface area contributed by atoms with Gasteiger partial charge in [-0.05, 0) is 11.1 Å². The van der Waals surface area contributed by atoms with E-state index in [2.05, 4.69) is 0 Å². The summed E-state index contributed by atoms with van der Waals surface area (Å²) in [5, 5.41) is 9.35. The second kappa shape index (κ2) is 5.00. The lowest BCUT2D eigenvalue weighted by Gasteiger charge is -2.32. The Bertz CT molecular complexity index is 552. The highest BCUT2D eigenvalue weighted by atomic mass is 19.4. The minimum atomic E-state index is -4.96. The van der Waals surface area contributed by atoms with Gasteiger partial charge in [-0.15, -0.1) is 0 Å². The summed E-state index contributed by atoms with van der Waals surface area (Å²) in [5.74, 6) is -1.94. The fourth-order valence-corrected chi connectivity index (χ4v) is 2.24. The molecule has 1 N–H and O–H groups in total. The van der Waals surface area contributed by atoms with Crippen LogP contribution in [0.15, 0.2) is 60.7 Å². The monoisotopic (exact) mass is 280 g/mol. The van der Waals surface area contributed by atoms with Crippen molar-refractivity contribution >= 4 is 5.97 Å². The highest BCUT2D eigenvalue weighted by molar-refractivity contribution is 5.87. The molecule has 2 rings (SSSR count). The maximum atomic E-state index is 13.6. The summed E-state index contributed by atoms with van der Waals surface area (Å²) >= 11 is 0. The van der Waals surface area contributed by atoms with E-state index in [1.807, 2.05) is 0 Å². The molecule has 104 valence electrons. The molecule has 0 spiro atoms. The van der Waals surface area contributed by atoms with E-state index in [1.54, 1.807) is 0 Å². The van der Waals surface area contributed by atoms with Crippen molar-refractivity contribution in [3.63, 3.8) is 0 Å². The van der Waals surface area contributed by atoms with Crippen LogP contribution in [0.5, 0.6) is 0 Å². The molecule has 0 saturated carbocycles. The Labute approximate surface area is 113 Å². The Hall–Kier alpha value is -2.30. The van der Waals surface area contributed by atoms with Crippen molar-refractivity contribution in [1.29, 1.82) is 0 Å². The first-order valence-corrected chi connectivity index (χ1v) is 5.82. The van der Waals surface area contributed by atoms with Crippen LogP contribution >= 0.6 is 0 Å². The molecule has 0 saturated heterocycles. The fraction of sp³-hybridized carbons (Fsp3) is 0.133. The molecule has 2 aromatic carbocycles. The van der Waals surface area contributed by atoms with E-state index in [0.29, 0.717) is 0 Å². The summed E-state index contributed by atoms with van der Waals surface area (Å²) in [6.07, 6.45) is -4.96. The van der Waals surface area contributed by atoms with Gasteiger partial charge in [0.25, 0.3) is 0 Å². The highest BCUT2D eigenvalue weighted by Crippen LogP contribution is 2.46. The molecule has 0 bridgehead atoms. The summed E-state index contributed by atoms with van der Waals surface area (Å²) in [6, 6.07) is 13.3. The molecular formula is C15H11F3O2. The van der Waals surface area contributed by atoms with Gasteiger partial charge in [0.1, 0.15) is 0 Å². The number of halogens is 3. The van der Waals surface area contributed by atoms with Crippen LogP contribution in [0.3, 0.4) is 0 Å². The predicted molar refractivity (Wildman–Crippen MR) is 67.4 cm³/mol. The van der Waals surface area contributed by atoms with Gasteiger partial charge in [0.15, 0.2) is 0 Å². The van der Waals surface area contributed by atoms with Crippen molar-refractivity contribution in [2.45, 2.75) is 11.6 Å². The molecule has 0 aromatic heterocycles. The van der Waals surface area contributed by atoms with Gasteiger partial charge in [-0.2, -0.15) is 13.2 Å². The number of carboxylic acid groups (broad SMARTS) is 1. The number of rotatable bonds is 3. The SMILES string of the molecule is O=C(O)C(c1ccccc1)(c1ccccc1)C(F)(F)F. The van der Waals surface area contributed by atoms with Gasteiger partial charge in [-0.25, -0.2) is 0 Å². The molecule has 0 atom stereocenters. The predicted octanol–water partition coefficient (Wildman–Crippen LogP) is 3.62. The van der Waals surface area contributed by atoms with Gasteiger partial charge in [0, 0.05) is 0 Å². The number of carbonyl (C=O) groups is 1. The summed E-state index contributed by atoms with van der Waals surface area (Å²) in [4.78, 5) is 11.5. The van der Waals surface area contributed by atoms with Crippen molar-refractivity contribution in [1.82, 2.24) is 0 Å². The maximum Gasteiger partial charge on any atom is 0.412 e. The Morgan fingerprint density at radius 3 is 1.40 bits per heavy atom. The van der Waals surface area contributed by atoms with Crippen molar-refractivity contribution < 1.29 is 23.1 Å². The first kappa shape index (κ1) is 14.1. The summed E-state index contributed by atoms with van der Waals surface area (Å²) in [7, 11) is 0. The number of alkyl halides is 3. The van der Waals surface area contributed by atoms with Crippen molar-refractivity contribution in [3.8, 4) is 0 Å². The summed E-state index contributed by atoms with van der Waals surface area (Å²) in [5.41, 5.74) is -3.69. The largest absolute Gasteiger partial charge is 0.480 e. The van der Waals surface area contributed by atoms with Gasteiger partial charge < -0.3 is 5.11 Å². The summed E-state index contributed by atoms with van der Waals surface area (Å²) in [6.45, 7) is 0. The molecule has 0 amide bonds. The average Bonchev–Trinajstić information content (AvgIpc) is 2.40. The quantitative estimate of drug-likeness (QED) is 0.932. The molecule has 0 aliphatic rings. The van der Waals surface area contributed by atoms with E-state index in [0.717, 1.165) is 0 Å². The van der Waals surface area contributed by atoms with Gasteiger partial charge >= 0.3 is 12.1 Å².